The van der Waals surface area contributed by atoms with Crippen molar-refractivity contribution in [3.05, 3.63) is 48.4 Å². The summed E-state index contributed by atoms with van der Waals surface area (Å²) >= 11 is 0. The van der Waals surface area contributed by atoms with Crippen molar-refractivity contribution in [2.75, 3.05) is 13.1 Å². The van der Waals surface area contributed by atoms with E-state index >= 15 is 0 Å². The van der Waals surface area contributed by atoms with Crippen molar-refractivity contribution in [3.8, 4) is 0 Å². The van der Waals surface area contributed by atoms with Gasteiger partial charge in [0.15, 0.2) is 5.76 Å². The van der Waals surface area contributed by atoms with E-state index in [1.165, 1.54) is 6.26 Å². The molecule has 0 aliphatic carbocycles. The van der Waals surface area contributed by atoms with E-state index in [0.29, 0.717) is 19.0 Å². The molecule has 3 aromatic rings. The Labute approximate surface area is 133 Å². The second-order valence-electron chi connectivity index (χ2n) is 4.86. The summed E-state index contributed by atoms with van der Waals surface area (Å²) in [6, 6.07) is 10.8. The van der Waals surface area contributed by atoms with Crippen LogP contribution in [-0.4, -0.2) is 44.9 Å². The van der Waals surface area contributed by atoms with E-state index in [4.69, 9.17) is 4.42 Å². The number of benzene rings is 1. The number of furan rings is 1. The number of carbonyl (C=O) groups is 1. The molecule has 2 aromatic heterocycles. The molecule has 0 spiro atoms. The highest BCUT2D eigenvalue weighted by Crippen LogP contribution is 2.12. The molecule has 0 radical (unpaired) electrons. The van der Waals surface area contributed by atoms with E-state index in [1.54, 1.807) is 16.8 Å². The van der Waals surface area contributed by atoms with Gasteiger partial charge in [-0.1, -0.05) is 17.3 Å². The first kappa shape index (κ1) is 15.0. The molecule has 7 heteroatoms. The molecule has 3 rings (SSSR count). The Kier molecular flexibility index (Phi) is 4.18. The van der Waals surface area contributed by atoms with Gasteiger partial charge < -0.3 is 9.32 Å². The first-order valence-electron chi connectivity index (χ1n) is 7.46. The number of aliphatic imine (C=N–C) groups is 1. The first-order valence-corrected chi connectivity index (χ1v) is 7.46. The van der Waals surface area contributed by atoms with Crippen LogP contribution in [0.1, 0.15) is 24.4 Å². The predicted octanol–water partition coefficient (Wildman–Crippen LogP) is 2.41. The number of nitrogens with zero attached hydrogens (tertiary/aromatic N) is 5. The quantitative estimate of drug-likeness (QED) is 0.548. The minimum atomic E-state index is -0.448. The number of hydrogen-bond donors (Lipinski definition) is 0. The number of fused-ring (bicyclic) bond motifs is 1. The number of rotatable bonds is 3. The van der Waals surface area contributed by atoms with Crippen LogP contribution in [0.2, 0.25) is 0 Å². The summed E-state index contributed by atoms with van der Waals surface area (Å²) in [4.78, 5) is 18.5. The number of hydrogen-bond acceptors (Lipinski definition) is 4. The average molecular weight is 311 g/mol. The Bertz CT molecular complexity index is 831. The van der Waals surface area contributed by atoms with Gasteiger partial charge in [-0.25, -0.2) is 0 Å². The molecule has 0 unspecified atom stereocenters. The lowest BCUT2D eigenvalue weighted by atomic mass is 10.3. The van der Waals surface area contributed by atoms with Crippen LogP contribution in [0.5, 0.6) is 0 Å². The molecule has 0 aliphatic rings. The zero-order chi connectivity index (χ0) is 16.2. The van der Waals surface area contributed by atoms with Crippen LogP contribution in [0.25, 0.3) is 11.0 Å². The molecule has 118 valence electrons. The molecule has 0 bridgehead atoms. The standard InChI is InChI=1S/C16H17N5O2/c1-3-20(4-2)16(17-15(22)14-10-7-11-23-14)21-13-9-6-5-8-12(13)18-19-21/h5-11H,3-4H2,1-2H3. The number of aromatic nitrogens is 3. The third-order valence-corrected chi connectivity index (χ3v) is 3.52. The molecule has 0 saturated carbocycles. The van der Waals surface area contributed by atoms with Crippen molar-refractivity contribution in [1.29, 1.82) is 0 Å². The molecule has 0 aliphatic heterocycles. The lowest BCUT2D eigenvalue weighted by Gasteiger charge is -2.22. The largest absolute Gasteiger partial charge is 0.459 e. The topological polar surface area (TPSA) is 76.5 Å². The summed E-state index contributed by atoms with van der Waals surface area (Å²) in [6.07, 6.45) is 1.45. The Hall–Kier alpha value is -2.96. The number of para-hydroxylation sites is 1. The molecule has 0 atom stereocenters. The number of amides is 1. The fourth-order valence-corrected chi connectivity index (χ4v) is 2.32. The van der Waals surface area contributed by atoms with Gasteiger partial charge in [-0.05, 0) is 38.1 Å². The average Bonchev–Trinajstić information content (AvgIpc) is 3.24. The van der Waals surface area contributed by atoms with Crippen LogP contribution in [0, 0.1) is 0 Å². The summed E-state index contributed by atoms with van der Waals surface area (Å²) in [5.41, 5.74) is 1.54. The number of carbonyl (C=O) groups excluding carboxylic acids is 1. The van der Waals surface area contributed by atoms with Gasteiger partial charge in [-0.2, -0.15) is 9.67 Å². The minimum absolute atomic E-state index is 0.194. The van der Waals surface area contributed by atoms with Crippen LogP contribution >= 0.6 is 0 Å². The molecule has 23 heavy (non-hydrogen) atoms. The monoisotopic (exact) mass is 311 g/mol. The van der Waals surface area contributed by atoms with Gasteiger partial charge in [-0.15, -0.1) is 5.10 Å². The van der Waals surface area contributed by atoms with Crippen molar-refractivity contribution in [3.63, 3.8) is 0 Å². The molecule has 2 heterocycles. The normalized spacial score (nSPS) is 11.8. The Morgan fingerprint density at radius 3 is 2.70 bits per heavy atom. The lowest BCUT2D eigenvalue weighted by Crippen LogP contribution is -2.37. The highest BCUT2D eigenvalue weighted by atomic mass is 16.3. The van der Waals surface area contributed by atoms with Gasteiger partial charge in [0, 0.05) is 13.1 Å². The van der Waals surface area contributed by atoms with Crippen LogP contribution in [0.15, 0.2) is 52.1 Å². The predicted molar refractivity (Wildman–Crippen MR) is 86.3 cm³/mol. The maximum Gasteiger partial charge on any atom is 0.315 e. The highest BCUT2D eigenvalue weighted by molar-refractivity contribution is 6.03. The van der Waals surface area contributed by atoms with Crippen molar-refractivity contribution < 1.29 is 9.21 Å². The molecule has 1 aromatic carbocycles. The fourth-order valence-electron chi connectivity index (χ4n) is 2.32. The Morgan fingerprint density at radius 2 is 2.00 bits per heavy atom. The second kappa shape index (κ2) is 6.43. The summed E-state index contributed by atoms with van der Waals surface area (Å²) < 4.78 is 6.71. The summed E-state index contributed by atoms with van der Waals surface area (Å²) in [5.74, 6) is 0.181. The molecule has 0 saturated heterocycles. The summed E-state index contributed by atoms with van der Waals surface area (Å²) in [6.45, 7) is 5.37. The van der Waals surface area contributed by atoms with Crippen LogP contribution in [0.4, 0.5) is 0 Å². The first-order chi connectivity index (χ1) is 11.2. The van der Waals surface area contributed by atoms with Crippen molar-refractivity contribution in [2.45, 2.75) is 13.8 Å². The van der Waals surface area contributed by atoms with Gasteiger partial charge in [0.25, 0.3) is 0 Å². The third-order valence-electron chi connectivity index (χ3n) is 3.52. The maximum atomic E-state index is 12.3. The summed E-state index contributed by atoms with van der Waals surface area (Å²) in [7, 11) is 0. The fraction of sp³-hybridized carbons (Fsp3) is 0.250. The van der Waals surface area contributed by atoms with E-state index in [9.17, 15) is 4.79 Å². The van der Waals surface area contributed by atoms with Gasteiger partial charge >= 0.3 is 5.91 Å². The van der Waals surface area contributed by atoms with Crippen molar-refractivity contribution in [1.82, 2.24) is 19.9 Å². The van der Waals surface area contributed by atoms with E-state index in [-0.39, 0.29) is 5.76 Å². The molecule has 0 fully saturated rings. The maximum absolute atomic E-state index is 12.3. The van der Waals surface area contributed by atoms with E-state index in [2.05, 4.69) is 15.3 Å². The molecular weight excluding hydrogens is 294 g/mol. The van der Waals surface area contributed by atoms with E-state index in [1.807, 2.05) is 43.0 Å². The zero-order valence-electron chi connectivity index (χ0n) is 13.0. The third kappa shape index (κ3) is 2.85. The lowest BCUT2D eigenvalue weighted by molar-refractivity contribution is 0.0974. The van der Waals surface area contributed by atoms with Crippen LogP contribution in [0.3, 0.4) is 0 Å². The van der Waals surface area contributed by atoms with Gasteiger partial charge in [0.05, 0.1) is 11.8 Å². The smallest absolute Gasteiger partial charge is 0.315 e. The Balaban J connectivity index is 2.11. The van der Waals surface area contributed by atoms with Crippen LogP contribution in [-0.2, 0) is 0 Å². The molecule has 7 nitrogen and oxygen atoms in total. The van der Waals surface area contributed by atoms with Crippen molar-refractivity contribution in [2.24, 2.45) is 4.99 Å². The molecular formula is C16H17N5O2. The SMILES string of the molecule is CCN(CC)C(=NC(=O)c1ccco1)n1nnc2ccccc21. The zero-order valence-corrected chi connectivity index (χ0v) is 13.0. The molecule has 0 N–H and O–H groups in total. The highest BCUT2D eigenvalue weighted by Gasteiger charge is 2.18. The van der Waals surface area contributed by atoms with Crippen LogP contribution < -0.4 is 0 Å². The Morgan fingerprint density at radius 1 is 1.22 bits per heavy atom. The van der Waals surface area contributed by atoms with Gasteiger partial charge in [-0.3, -0.25) is 4.79 Å². The van der Waals surface area contributed by atoms with Gasteiger partial charge in [0.2, 0.25) is 5.96 Å². The summed E-state index contributed by atoms with van der Waals surface area (Å²) in [5, 5.41) is 8.29. The van der Waals surface area contributed by atoms with Crippen molar-refractivity contribution >= 4 is 22.9 Å². The minimum Gasteiger partial charge on any atom is -0.459 e. The van der Waals surface area contributed by atoms with E-state index in [0.717, 1.165) is 11.0 Å². The van der Waals surface area contributed by atoms with E-state index < -0.39 is 5.91 Å². The second-order valence-corrected chi connectivity index (χ2v) is 4.86. The molecule has 1 amide bonds. The van der Waals surface area contributed by atoms with Gasteiger partial charge in [0.1, 0.15) is 5.52 Å².